The van der Waals surface area contributed by atoms with Gasteiger partial charge in [-0.25, -0.2) is 0 Å². The summed E-state index contributed by atoms with van der Waals surface area (Å²) < 4.78 is 10.5. The van der Waals surface area contributed by atoms with Crippen molar-refractivity contribution in [1.82, 2.24) is 4.90 Å². The molecule has 5 heteroatoms. The van der Waals surface area contributed by atoms with E-state index in [4.69, 9.17) is 16.3 Å². The minimum absolute atomic E-state index is 0.00979. The van der Waals surface area contributed by atoms with Gasteiger partial charge in [0.2, 0.25) is 0 Å². The van der Waals surface area contributed by atoms with E-state index in [0.717, 1.165) is 36.6 Å². The van der Waals surface area contributed by atoms with Gasteiger partial charge in [0, 0.05) is 30.1 Å². The van der Waals surface area contributed by atoms with Crippen LogP contribution in [0.1, 0.15) is 24.5 Å². The van der Waals surface area contributed by atoms with E-state index in [1.807, 2.05) is 24.3 Å². The number of morpholine rings is 1. The highest BCUT2D eigenvalue weighted by molar-refractivity contribution is 6.31. The van der Waals surface area contributed by atoms with Crippen molar-refractivity contribution in [3.05, 3.63) is 34.9 Å². The van der Waals surface area contributed by atoms with Crippen LogP contribution in [0.2, 0.25) is 5.02 Å². The molecule has 0 bridgehead atoms. The molecule has 1 aromatic rings. The second kappa shape index (κ2) is 7.62. The lowest BCUT2D eigenvalue weighted by atomic mass is 10.1. The predicted molar refractivity (Wildman–Crippen MR) is 77.8 cm³/mol. The molecule has 1 heterocycles. The van der Waals surface area contributed by atoms with Crippen LogP contribution in [-0.2, 0) is 14.3 Å². The molecule has 0 amide bonds. The number of hydrogen-bond acceptors (Lipinski definition) is 4. The number of esters is 1. The first-order chi connectivity index (χ1) is 9.70. The van der Waals surface area contributed by atoms with Crippen molar-refractivity contribution in [1.29, 1.82) is 0 Å². The molecule has 1 unspecified atom stereocenters. The Kier molecular flexibility index (Phi) is 5.83. The maximum atomic E-state index is 11.1. The van der Waals surface area contributed by atoms with Crippen LogP contribution in [0.15, 0.2) is 24.3 Å². The molecule has 2 rings (SSSR count). The third-order valence-electron chi connectivity index (χ3n) is 3.49. The number of ether oxygens (including phenoxy) is 2. The van der Waals surface area contributed by atoms with Gasteiger partial charge in [-0.05, 0) is 19.0 Å². The van der Waals surface area contributed by atoms with E-state index in [1.54, 1.807) is 0 Å². The Morgan fingerprint density at radius 1 is 1.50 bits per heavy atom. The smallest absolute Gasteiger partial charge is 0.305 e. The molecule has 1 atom stereocenters. The van der Waals surface area contributed by atoms with Crippen LogP contribution in [0.3, 0.4) is 0 Å². The van der Waals surface area contributed by atoms with E-state index < -0.39 is 0 Å². The molecule has 0 aliphatic carbocycles. The minimum Gasteiger partial charge on any atom is -0.469 e. The van der Waals surface area contributed by atoms with Gasteiger partial charge in [-0.3, -0.25) is 9.69 Å². The Bertz CT molecular complexity index is 452. The zero-order valence-electron chi connectivity index (χ0n) is 11.7. The Morgan fingerprint density at radius 3 is 3.05 bits per heavy atom. The van der Waals surface area contributed by atoms with Crippen molar-refractivity contribution in [3.63, 3.8) is 0 Å². The summed E-state index contributed by atoms with van der Waals surface area (Å²) in [5, 5.41) is 0.744. The summed E-state index contributed by atoms with van der Waals surface area (Å²) in [4.78, 5) is 13.4. The number of hydrogen-bond donors (Lipinski definition) is 0. The van der Waals surface area contributed by atoms with Crippen LogP contribution in [0.5, 0.6) is 0 Å². The average molecular weight is 298 g/mol. The van der Waals surface area contributed by atoms with E-state index in [0.29, 0.717) is 13.0 Å². The van der Waals surface area contributed by atoms with Gasteiger partial charge >= 0.3 is 5.97 Å². The standard InChI is InChI=1S/C15H20ClNO3/c1-19-15(18)7-4-8-17-9-10-20-14(11-17)12-5-2-3-6-13(12)16/h2-3,5-6,14H,4,7-11H2,1H3. The fraction of sp³-hybridized carbons (Fsp3) is 0.533. The van der Waals surface area contributed by atoms with Gasteiger partial charge in [0.15, 0.2) is 0 Å². The molecule has 1 fully saturated rings. The molecular weight excluding hydrogens is 278 g/mol. The average Bonchev–Trinajstić information content (AvgIpc) is 2.48. The molecule has 0 saturated carbocycles. The molecule has 110 valence electrons. The van der Waals surface area contributed by atoms with Crippen molar-refractivity contribution >= 4 is 17.6 Å². The Balaban J connectivity index is 1.86. The van der Waals surface area contributed by atoms with Crippen molar-refractivity contribution in [2.75, 3.05) is 33.4 Å². The van der Waals surface area contributed by atoms with Gasteiger partial charge in [-0.1, -0.05) is 29.8 Å². The maximum Gasteiger partial charge on any atom is 0.305 e. The molecule has 4 nitrogen and oxygen atoms in total. The lowest BCUT2D eigenvalue weighted by Gasteiger charge is -2.33. The van der Waals surface area contributed by atoms with Gasteiger partial charge in [0.1, 0.15) is 0 Å². The topological polar surface area (TPSA) is 38.8 Å². The molecular formula is C15H20ClNO3. The Hall–Kier alpha value is -1.10. The summed E-state index contributed by atoms with van der Waals surface area (Å²) in [6.45, 7) is 3.26. The molecule has 1 aromatic carbocycles. The number of benzene rings is 1. The monoisotopic (exact) mass is 297 g/mol. The highest BCUT2D eigenvalue weighted by Gasteiger charge is 2.23. The fourth-order valence-electron chi connectivity index (χ4n) is 2.38. The van der Waals surface area contributed by atoms with Crippen molar-refractivity contribution < 1.29 is 14.3 Å². The molecule has 1 saturated heterocycles. The van der Waals surface area contributed by atoms with Crippen LogP contribution in [0, 0.1) is 0 Å². The van der Waals surface area contributed by atoms with E-state index in [9.17, 15) is 4.79 Å². The maximum absolute atomic E-state index is 11.1. The largest absolute Gasteiger partial charge is 0.469 e. The third kappa shape index (κ3) is 4.20. The van der Waals surface area contributed by atoms with Gasteiger partial charge in [-0.2, -0.15) is 0 Å². The second-order valence-electron chi connectivity index (χ2n) is 4.86. The summed E-state index contributed by atoms with van der Waals surface area (Å²) in [7, 11) is 1.42. The van der Waals surface area contributed by atoms with Crippen LogP contribution in [0.25, 0.3) is 0 Å². The van der Waals surface area contributed by atoms with Crippen molar-refractivity contribution in [3.8, 4) is 0 Å². The van der Waals surface area contributed by atoms with E-state index >= 15 is 0 Å². The normalized spacial score (nSPS) is 19.8. The first-order valence-electron chi connectivity index (χ1n) is 6.86. The number of carbonyl (C=O) groups is 1. The number of rotatable bonds is 5. The van der Waals surface area contributed by atoms with Crippen LogP contribution < -0.4 is 0 Å². The predicted octanol–water partition coefficient (Wildman–Crippen LogP) is 2.67. The zero-order chi connectivity index (χ0) is 14.4. The van der Waals surface area contributed by atoms with E-state index in [2.05, 4.69) is 9.64 Å². The summed E-state index contributed by atoms with van der Waals surface area (Å²) >= 11 is 6.21. The molecule has 0 radical (unpaired) electrons. The van der Waals surface area contributed by atoms with Gasteiger partial charge < -0.3 is 9.47 Å². The summed E-state index contributed by atoms with van der Waals surface area (Å²) in [6.07, 6.45) is 1.28. The zero-order valence-corrected chi connectivity index (χ0v) is 12.4. The van der Waals surface area contributed by atoms with Gasteiger partial charge in [0.25, 0.3) is 0 Å². The number of carbonyl (C=O) groups excluding carboxylic acids is 1. The number of methoxy groups -OCH3 is 1. The highest BCUT2D eigenvalue weighted by atomic mass is 35.5. The minimum atomic E-state index is -0.152. The number of halogens is 1. The number of nitrogens with zero attached hydrogens (tertiary/aromatic N) is 1. The highest BCUT2D eigenvalue weighted by Crippen LogP contribution is 2.28. The Morgan fingerprint density at radius 2 is 2.30 bits per heavy atom. The first kappa shape index (κ1) is 15.3. The van der Waals surface area contributed by atoms with Gasteiger partial charge in [0.05, 0.1) is 19.8 Å². The molecule has 0 N–H and O–H groups in total. The van der Waals surface area contributed by atoms with E-state index in [-0.39, 0.29) is 12.1 Å². The lowest BCUT2D eigenvalue weighted by Crippen LogP contribution is -2.39. The van der Waals surface area contributed by atoms with Crippen molar-refractivity contribution in [2.24, 2.45) is 0 Å². The van der Waals surface area contributed by atoms with Crippen LogP contribution in [0.4, 0.5) is 0 Å². The van der Waals surface area contributed by atoms with E-state index in [1.165, 1.54) is 7.11 Å². The SMILES string of the molecule is COC(=O)CCCN1CCOC(c2ccccc2Cl)C1. The summed E-state index contributed by atoms with van der Waals surface area (Å²) in [5.41, 5.74) is 1.03. The quantitative estimate of drug-likeness (QED) is 0.783. The second-order valence-corrected chi connectivity index (χ2v) is 5.27. The molecule has 0 aromatic heterocycles. The molecule has 0 spiro atoms. The van der Waals surface area contributed by atoms with Gasteiger partial charge in [-0.15, -0.1) is 0 Å². The summed E-state index contributed by atoms with van der Waals surface area (Å²) in [5.74, 6) is -0.152. The third-order valence-corrected chi connectivity index (χ3v) is 3.83. The summed E-state index contributed by atoms with van der Waals surface area (Å²) in [6, 6.07) is 7.78. The molecule has 1 aliphatic rings. The molecule has 20 heavy (non-hydrogen) atoms. The van der Waals surface area contributed by atoms with Crippen LogP contribution in [-0.4, -0.2) is 44.2 Å². The Labute approximate surface area is 124 Å². The van der Waals surface area contributed by atoms with Crippen molar-refractivity contribution in [2.45, 2.75) is 18.9 Å². The lowest BCUT2D eigenvalue weighted by molar-refractivity contribution is -0.140. The molecule has 1 aliphatic heterocycles. The first-order valence-corrected chi connectivity index (χ1v) is 7.23. The fourth-order valence-corrected chi connectivity index (χ4v) is 2.64. The van der Waals surface area contributed by atoms with Crippen LogP contribution >= 0.6 is 11.6 Å².